The van der Waals surface area contributed by atoms with Gasteiger partial charge in [0.25, 0.3) is 5.91 Å². The van der Waals surface area contributed by atoms with Gasteiger partial charge in [-0.25, -0.2) is 4.98 Å². The molecule has 0 aliphatic heterocycles. The first-order chi connectivity index (χ1) is 8.99. The minimum absolute atomic E-state index is 0.178. The van der Waals surface area contributed by atoms with Crippen molar-refractivity contribution in [3.8, 4) is 0 Å². The average Bonchev–Trinajstić information content (AvgIpc) is 2.89. The number of carbonyl (C=O) groups excluding carboxylic acids is 1. The number of nitrogens with one attached hydrogen (secondary N) is 1. The van der Waals surface area contributed by atoms with Crippen LogP contribution >= 0.6 is 34.5 Å². The van der Waals surface area contributed by atoms with Crippen molar-refractivity contribution in [3.63, 3.8) is 0 Å². The molecule has 1 aromatic heterocycles. The summed E-state index contributed by atoms with van der Waals surface area (Å²) in [5.41, 5.74) is 6.33. The molecule has 1 unspecified atom stereocenters. The standard InChI is InChI=1S/C12H11Cl2N3OS/c1-6(12-16-2-3-19-12)17-11(18)7-4-8(13)10(14)9(15)5-7/h2-6H,15H2,1H3,(H,17,18). The van der Waals surface area contributed by atoms with Gasteiger partial charge in [0.2, 0.25) is 0 Å². The Morgan fingerprint density at radius 1 is 1.47 bits per heavy atom. The average molecular weight is 316 g/mol. The highest BCUT2D eigenvalue weighted by Crippen LogP contribution is 2.29. The maximum Gasteiger partial charge on any atom is 0.251 e. The Morgan fingerprint density at radius 2 is 2.21 bits per heavy atom. The van der Waals surface area contributed by atoms with Crippen LogP contribution < -0.4 is 11.1 Å². The number of nitrogen functional groups attached to an aromatic ring is 1. The zero-order valence-electron chi connectivity index (χ0n) is 9.98. The molecular weight excluding hydrogens is 305 g/mol. The monoisotopic (exact) mass is 315 g/mol. The maximum atomic E-state index is 12.1. The first-order valence-electron chi connectivity index (χ1n) is 5.44. The molecule has 0 saturated carbocycles. The third-order valence-electron chi connectivity index (χ3n) is 2.49. The third-order valence-corrected chi connectivity index (χ3v) is 4.26. The summed E-state index contributed by atoms with van der Waals surface area (Å²) in [5.74, 6) is -0.270. The van der Waals surface area contributed by atoms with E-state index in [-0.39, 0.29) is 27.7 Å². The number of aromatic nitrogens is 1. The van der Waals surface area contributed by atoms with Gasteiger partial charge >= 0.3 is 0 Å². The second-order valence-corrected chi connectivity index (χ2v) is 5.64. The van der Waals surface area contributed by atoms with E-state index >= 15 is 0 Å². The molecule has 0 bridgehead atoms. The SMILES string of the molecule is CC(NC(=O)c1cc(N)c(Cl)c(Cl)c1)c1nccs1. The van der Waals surface area contributed by atoms with Crippen LogP contribution in [-0.4, -0.2) is 10.9 Å². The summed E-state index contributed by atoms with van der Waals surface area (Å²) in [6.07, 6.45) is 1.69. The number of nitrogens with zero attached hydrogens (tertiary/aromatic N) is 1. The summed E-state index contributed by atoms with van der Waals surface area (Å²) in [6.45, 7) is 1.86. The van der Waals surface area contributed by atoms with Gasteiger partial charge in [-0.2, -0.15) is 0 Å². The molecule has 100 valence electrons. The van der Waals surface area contributed by atoms with Crippen molar-refractivity contribution >= 4 is 46.1 Å². The second kappa shape index (κ2) is 5.77. The quantitative estimate of drug-likeness (QED) is 0.851. The van der Waals surface area contributed by atoms with E-state index in [0.717, 1.165) is 5.01 Å². The highest BCUT2D eigenvalue weighted by molar-refractivity contribution is 7.09. The van der Waals surface area contributed by atoms with Gasteiger partial charge in [-0.1, -0.05) is 23.2 Å². The van der Waals surface area contributed by atoms with Crippen LogP contribution in [0, 0.1) is 0 Å². The molecule has 19 heavy (non-hydrogen) atoms. The molecule has 0 aliphatic rings. The molecule has 1 amide bonds. The molecule has 0 fully saturated rings. The number of halogens is 2. The lowest BCUT2D eigenvalue weighted by Crippen LogP contribution is -2.26. The van der Waals surface area contributed by atoms with Crippen LogP contribution in [0.15, 0.2) is 23.7 Å². The summed E-state index contributed by atoms with van der Waals surface area (Å²) in [4.78, 5) is 16.2. The predicted octanol–water partition coefficient (Wildman–Crippen LogP) is 3.52. The van der Waals surface area contributed by atoms with Crippen molar-refractivity contribution < 1.29 is 4.79 Å². The number of rotatable bonds is 3. The maximum absolute atomic E-state index is 12.1. The number of benzene rings is 1. The fraction of sp³-hybridized carbons (Fsp3) is 0.167. The molecule has 3 N–H and O–H groups in total. The zero-order valence-corrected chi connectivity index (χ0v) is 12.3. The molecule has 0 radical (unpaired) electrons. The number of thiazole rings is 1. The number of anilines is 1. The fourth-order valence-corrected chi connectivity index (χ4v) is 2.51. The lowest BCUT2D eigenvalue weighted by atomic mass is 10.1. The Bertz CT molecular complexity index is 578. The lowest BCUT2D eigenvalue weighted by Gasteiger charge is -2.12. The van der Waals surface area contributed by atoms with Gasteiger partial charge in [0.1, 0.15) is 5.01 Å². The van der Waals surface area contributed by atoms with Crippen molar-refractivity contribution in [2.75, 3.05) is 5.73 Å². The number of amides is 1. The Labute approximate surface area is 124 Å². The summed E-state index contributed by atoms with van der Waals surface area (Å²) >= 11 is 13.2. The van der Waals surface area contributed by atoms with E-state index in [1.807, 2.05) is 12.3 Å². The van der Waals surface area contributed by atoms with Crippen LogP contribution in [0.3, 0.4) is 0 Å². The van der Waals surface area contributed by atoms with Gasteiger partial charge < -0.3 is 11.1 Å². The molecule has 4 nitrogen and oxygen atoms in total. The van der Waals surface area contributed by atoms with Crippen molar-refractivity contribution in [3.05, 3.63) is 44.3 Å². The predicted molar refractivity (Wildman–Crippen MR) is 78.9 cm³/mol. The number of nitrogens with two attached hydrogens (primary N) is 1. The molecular formula is C12H11Cl2N3OS. The van der Waals surface area contributed by atoms with Crippen LogP contribution in [0.25, 0.3) is 0 Å². The first-order valence-corrected chi connectivity index (χ1v) is 7.07. The Kier molecular flexibility index (Phi) is 4.29. The highest BCUT2D eigenvalue weighted by atomic mass is 35.5. The van der Waals surface area contributed by atoms with Crippen LogP contribution in [0.5, 0.6) is 0 Å². The normalized spacial score (nSPS) is 12.2. The van der Waals surface area contributed by atoms with Gasteiger partial charge in [-0.05, 0) is 19.1 Å². The van der Waals surface area contributed by atoms with E-state index in [1.165, 1.54) is 23.5 Å². The molecule has 1 heterocycles. The van der Waals surface area contributed by atoms with Crippen molar-refractivity contribution in [1.29, 1.82) is 0 Å². The molecule has 1 atom stereocenters. The van der Waals surface area contributed by atoms with Gasteiger partial charge in [0.15, 0.2) is 0 Å². The minimum atomic E-state index is -0.270. The lowest BCUT2D eigenvalue weighted by molar-refractivity contribution is 0.0940. The Balaban J connectivity index is 2.16. The van der Waals surface area contributed by atoms with Crippen molar-refractivity contribution in [1.82, 2.24) is 10.3 Å². The molecule has 0 spiro atoms. The van der Waals surface area contributed by atoms with Gasteiger partial charge in [0.05, 0.1) is 21.8 Å². The van der Waals surface area contributed by atoms with E-state index in [1.54, 1.807) is 6.20 Å². The van der Waals surface area contributed by atoms with E-state index in [4.69, 9.17) is 28.9 Å². The third kappa shape index (κ3) is 3.18. The molecule has 2 rings (SSSR count). The summed E-state index contributed by atoms with van der Waals surface area (Å²) in [5, 5.41) is 6.03. The summed E-state index contributed by atoms with van der Waals surface area (Å²) in [6, 6.07) is 2.81. The fourth-order valence-electron chi connectivity index (χ4n) is 1.53. The number of hydrogen-bond acceptors (Lipinski definition) is 4. The first kappa shape index (κ1) is 14.1. The summed E-state index contributed by atoms with van der Waals surface area (Å²) < 4.78 is 0. The Hall–Kier alpha value is -1.30. The number of carbonyl (C=O) groups is 1. The van der Waals surface area contributed by atoms with Gasteiger partial charge in [-0.3, -0.25) is 4.79 Å². The smallest absolute Gasteiger partial charge is 0.251 e. The second-order valence-electron chi connectivity index (χ2n) is 3.93. The highest BCUT2D eigenvalue weighted by Gasteiger charge is 2.15. The van der Waals surface area contributed by atoms with E-state index in [9.17, 15) is 4.79 Å². The minimum Gasteiger partial charge on any atom is -0.397 e. The summed E-state index contributed by atoms with van der Waals surface area (Å²) in [7, 11) is 0. The van der Waals surface area contributed by atoms with Crippen LogP contribution in [0.4, 0.5) is 5.69 Å². The molecule has 0 saturated heterocycles. The zero-order chi connectivity index (χ0) is 14.0. The van der Waals surface area contributed by atoms with E-state index in [2.05, 4.69) is 10.3 Å². The van der Waals surface area contributed by atoms with E-state index < -0.39 is 0 Å². The topological polar surface area (TPSA) is 68.0 Å². The van der Waals surface area contributed by atoms with Crippen molar-refractivity contribution in [2.24, 2.45) is 0 Å². The van der Waals surface area contributed by atoms with Crippen molar-refractivity contribution in [2.45, 2.75) is 13.0 Å². The van der Waals surface area contributed by atoms with Crippen LogP contribution in [0.2, 0.25) is 10.0 Å². The van der Waals surface area contributed by atoms with Gasteiger partial charge in [-0.15, -0.1) is 11.3 Å². The van der Waals surface area contributed by atoms with Crippen LogP contribution in [0.1, 0.15) is 28.3 Å². The largest absolute Gasteiger partial charge is 0.397 e. The van der Waals surface area contributed by atoms with E-state index in [0.29, 0.717) is 5.56 Å². The Morgan fingerprint density at radius 3 is 2.79 bits per heavy atom. The number of hydrogen-bond donors (Lipinski definition) is 2. The van der Waals surface area contributed by atoms with Crippen LogP contribution in [-0.2, 0) is 0 Å². The molecule has 2 aromatic rings. The molecule has 7 heteroatoms. The molecule has 0 aliphatic carbocycles. The van der Waals surface area contributed by atoms with Gasteiger partial charge in [0, 0.05) is 17.1 Å². The molecule has 1 aromatic carbocycles.